The van der Waals surface area contributed by atoms with Gasteiger partial charge in [0.15, 0.2) is 0 Å². The number of hydrogen-bond acceptors (Lipinski definition) is 1. The van der Waals surface area contributed by atoms with Crippen molar-refractivity contribution >= 4 is 12.4 Å². The van der Waals surface area contributed by atoms with Crippen molar-refractivity contribution in [2.45, 2.75) is 251 Å². The highest BCUT2D eigenvalue weighted by molar-refractivity contribution is 5.85. The molecule has 47 heavy (non-hydrogen) atoms. The Balaban J connectivity index is 0.0000212. The molecule has 0 aliphatic carbocycles. The fraction of sp³-hybridized carbons (Fsp3) is 0.867. The normalized spacial score (nSPS) is 12.7. The minimum atomic E-state index is -0.151. The third kappa shape index (κ3) is 26.9. The van der Waals surface area contributed by atoms with Crippen molar-refractivity contribution in [2.24, 2.45) is 5.73 Å². The second-order valence-corrected chi connectivity index (χ2v) is 15.3. The second-order valence-electron chi connectivity index (χ2n) is 15.3. The summed E-state index contributed by atoms with van der Waals surface area (Å²) in [7, 11) is 0. The predicted octanol–water partition coefficient (Wildman–Crippen LogP) is 16.1. The molecule has 1 rings (SSSR count). The molecule has 0 saturated carbocycles. The Morgan fingerprint density at radius 2 is 0.702 bits per heavy atom. The summed E-state index contributed by atoms with van der Waals surface area (Å²) in [6, 6.07) is 9.16. The second kappa shape index (κ2) is 35.3. The number of nitrogens with two attached hydrogens (primary N) is 1. The van der Waals surface area contributed by atoms with Crippen LogP contribution in [0, 0.1) is 0 Å². The quantitative estimate of drug-likeness (QED) is 0.0704. The van der Waals surface area contributed by atoms with Crippen LogP contribution in [-0.2, 0) is 12.0 Å². The average molecular weight is 677 g/mol. The molecule has 0 saturated heterocycles. The molecule has 1 unspecified atom stereocenters. The van der Waals surface area contributed by atoms with Crippen LogP contribution in [0.15, 0.2) is 24.3 Å². The van der Waals surface area contributed by atoms with Gasteiger partial charge in [-0.1, -0.05) is 244 Å². The first-order chi connectivity index (χ1) is 22.7. The third-order valence-corrected chi connectivity index (χ3v) is 11.0. The molecule has 1 aromatic rings. The SMILES string of the molecule is CCCCCCCCCCCCCCCCCCc1ccccc1C(N)(CC)CCCCCCCCCCCCCCCCCC.Cl. The molecule has 1 atom stereocenters. The van der Waals surface area contributed by atoms with Crippen molar-refractivity contribution in [2.75, 3.05) is 0 Å². The van der Waals surface area contributed by atoms with Gasteiger partial charge in [0, 0.05) is 5.54 Å². The third-order valence-electron chi connectivity index (χ3n) is 11.0. The smallest absolute Gasteiger partial charge is 0.0409 e. The van der Waals surface area contributed by atoms with Crippen LogP contribution in [0.25, 0.3) is 0 Å². The predicted molar refractivity (Wildman–Crippen MR) is 217 cm³/mol. The van der Waals surface area contributed by atoms with Crippen LogP contribution in [0.3, 0.4) is 0 Å². The minimum absolute atomic E-state index is 0. The summed E-state index contributed by atoms with van der Waals surface area (Å²) in [5.41, 5.74) is 9.96. The number of rotatable bonds is 36. The van der Waals surface area contributed by atoms with Gasteiger partial charge in [0.25, 0.3) is 0 Å². The lowest BCUT2D eigenvalue weighted by Crippen LogP contribution is -2.37. The Bertz CT molecular complexity index is 747. The lowest BCUT2D eigenvalue weighted by Gasteiger charge is -2.31. The van der Waals surface area contributed by atoms with E-state index < -0.39 is 0 Å². The molecule has 0 aliphatic rings. The molecule has 0 aromatic heterocycles. The largest absolute Gasteiger partial charge is 0.321 e. The van der Waals surface area contributed by atoms with Gasteiger partial charge in [0.1, 0.15) is 0 Å². The molecule has 0 aliphatic heterocycles. The average Bonchev–Trinajstić information content (AvgIpc) is 3.08. The molecule has 1 nitrogen and oxygen atoms in total. The molecule has 0 amide bonds. The lowest BCUT2D eigenvalue weighted by atomic mass is 9.80. The summed E-state index contributed by atoms with van der Waals surface area (Å²) in [5, 5.41) is 0. The van der Waals surface area contributed by atoms with E-state index in [0.717, 1.165) is 12.8 Å². The van der Waals surface area contributed by atoms with Crippen molar-refractivity contribution in [3.8, 4) is 0 Å². The number of unbranched alkanes of at least 4 members (excludes halogenated alkanes) is 30. The van der Waals surface area contributed by atoms with Crippen molar-refractivity contribution in [3.63, 3.8) is 0 Å². The Labute approximate surface area is 303 Å². The van der Waals surface area contributed by atoms with Crippen LogP contribution < -0.4 is 5.73 Å². The maximum atomic E-state index is 7.14. The first-order valence-corrected chi connectivity index (χ1v) is 21.5. The van der Waals surface area contributed by atoms with Crippen molar-refractivity contribution in [1.29, 1.82) is 0 Å². The Morgan fingerprint density at radius 3 is 1.04 bits per heavy atom. The van der Waals surface area contributed by atoms with Gasteiger partial charge >= 0.3 is 0 Å². The van der Waals surface area contributed by atoms with Gasteiger partial charge in [-0.15, -0.1) is 12.4 Å². The van der Waals surface area contributed by atoms with Crippen molar-refractivity contribution < 1.29 is 0 Å². The summed E-state index contributed by atoms with van der Waals surface area (Å²) < 4.78 is 0. The van der Waals surface area contributed by atoms with Gasteiger partial charge in [-0.3, -0.25) is 0 Å². The van der Waals surface area contributed by atoms with E-state index in [9.17, 15) is 0 Å². The molecular weight excluding hydrogens is 590 g/mol. The van der Waals surface area contributed by atoms with Gasteiger partial charge in [0.05, 0.1) is 0 Å². The lowest BCUT2D eigenvalue weighted by molar-refractivity contribution is 0.369. The molecule has 0 spiro atoms. The number of hydrogen-bond donors (Lipinski definition) is 1. The molecule has 0 bridgehead atoms. The highest BCUT2D eigenvalue weighted by Gasteiger charge is 2.26. The van der Waals surface area contributed by atoms with Crippen LogP contribution in [0.1, 0.15) is 250 Å². The fourth-order valence-corrected chi connectivity index (χ4v) is 7.58. The van der Waals surface area contributed by atoms with E-state index in [4.69, 9.17) is 5.73 Å². The first-order valence-electron chi connectivity index (χ1n) is 21.5. The maximum Gasteiger partial charge on any atom is 0.0409 e. The fourth-order valence-electron chi connectivity index (χ4n) is 7.58. The van der Waals surface area contributed by atoms with E-state index in [2.05, 4.69) is 45.0 Å². The van der Waals surface area contributed by atoms with Crippen LogP contribution in [0.5, 0.6) is 0 Å². The molecule has 1 aromatic carbocycles. The van der Waals surface area contributed by atoms with Gasteiger partial charge in [-0.25, -0.2) is 0 Å². The first kappa shape index (κ1) is 46.5. The summed E-state index contributed by atoms with van der Waals surface area (Å²) in [6.07, 6.45) is 49.0. The molecule has 0 heterocycles. The van der Waals surface area contributed by atoms with Crippen LogP contribution >= 0.6 is 12.4 Å². The standard InChI is InChI=1S/C45H85N.ClH/c1-4-7-9-11-13-15-17-19-21-23-25-27-29-31-33-35-39-43-40-36-37-41-44(43)45(46,6-3)42-38-34-32-30-28-26-24-22-20-18-16-14-12-10-8-5-2;/h36-37,40-41H,4-35,38-39,42,46H2,1-3H3;1H. The van der Waals surface area contributed by atoms with Gasteiger partial charge < -0.3 is 5.73 Å². The van der Waals surface area contributed by atoms with E-state index in [1.807, 2.05) is 0 Å². The zero-order valence-corrected chi connectivity index (χ0v) is 33.4. The Kier molecular flexibility index (Phi) is 34.9. The van der Waals surface area contributed by atoms with E-state index >= 15 is 0 Å². The maximum absolute atomic E-state index is 7.14. The molecule has 2 N–H and O–H groups in total. The zero-order chi connectivity index (χ0) is 33.2. The van der Waals surface area contributed by atoms with Crippen LogP contribution in [0.4, 0.5) is 0 Å². The van der Waals surface area contributed by atoms with Crippen molar-refractivity contribution in [1.82, 2.24) is 0 Å². The van der Waals surface area contributed by atoms with Gasteiger partial charge in [-0.05, 0) is 36.8 Å². The topological polar surface area (TPSA) is 26.0 Å². The number of halogens is 1. The highest BCUT2D eigenvalue weighted by atomic mass is 35.5. The van der Waals surface area contributed by atoms with E-state index in [0.29, 0.717) is 0 Å². The van der Waals surface area contributed by atoms with E-state index in [1.54, 1.807) is 0 Å². The minimum Gasteiger partial charge on any atom is -0.321 e. The summed E-state index contributed by atoms with van der Waals surface area (Å²) >= 11 is 0. The molecule has 0 radical (unpaired) electrons. The molecule has 0 fully saturated rings. The monoisotopic (exact) mass is 676 g/mol. The highest BCUT2D eigenvalue weighted by Crippen LogP contribution is 2.32. The van der Waals surface area contributed by atoms with Gasteiger partial charge in [-0.2, -0.15) is 0 Å². The summed E-state index contributed by atoms with van der Waals surface area (Å²) in [5.74, 6) is 0. The Morgan fingerprint density at radius 1 is 0.404 bits per heavy atom. The van der Waals surface area contributed by atoms with E-state index in [1.165, 1.54) is 223 Å². The van der Waals surface area contributed by atoms with E-state index in [-0.39, 0.29) is 17.9 Å². The number of aryl methyl sites for hydroxylation is 1. The molecule has 278 valence electrons. The van der Waals surface area contributed by atoms with Gasteiger partial charge in [0.2, 0.25) is 0 Å². The zero-order valence-electron chi connectivity index (χ0n) is 32.5. The van der Waals surface area contributed by atoms with Crippen molar-refractivity contribution in [3.05, 3.63) is 35.4 Å². The van der Waals surface area contributed by atoms with Crippen LogP contribution in [-0.4, -0.2) is 0 Å². The summed E-state index contributed by atoms with van der Waals surface area (Å²) in [4.78, 5) is 0. The summed E-state index contributed by atoms with van der Waals surface area (Å²) in [6.45, 7) is 6.92. The number of benzene rings is 1. The molecular formula is C45H86ClN. The molecule has 2 heteroatoms. The Hall–Kier alpha value is -0.530. The van der Waals surface area contributed by atoms with Crippen LogP contribution in [0.2, 0.25) is 0 Å².